The van der Waals surface area contributed by atoms with E-state index in [1.807, 2.05) is 19.1 Å². The monoisotopic (exact) mass is 359 g/mol. The molecule has 2 aromatic carbocycles. The van der Waals surface area contributed by atoms with Crippen molar-refractivity contribution in [2.45, 2.75) is 20.8 Å². The van der Waals surface area contributed by atoms with Gasteiger partial charge in [-0.3, -0.25) is 0 Å². The molecule has 3 nitrogen and oxygen atoms in total. The van der Waals surface area contributed by atoms with E-state index < -0.39 is 0 Å². The third-order valence-corrected chi connectivity index (χ3v) is 3.92. The van der Waals surface area contributed by atoms with Gasteiger partial charge in [-0.05, 0) is 61.7 Å². The van der Waals surface area contributed by atoms with E-state index >= 15 is 0 Å². The molecule has 0 amide bonds. The lowest BCUT2D eigenvalue weighted by Crippen LogP contribution is -2.10. The van der Waals surface area contributed by atoms with Crippen LogP contribution in [0.25, 0.3) is 0 Å². The fourth-order valence-electron chi connectivity index (χ4n) is 2.17. The summed E-state index contributed by atoms with van der Waals surface area (Å²) in [5.41, 5.74) is 4.05. The van der Waals surface area contributed by atoms with Crippen molar-refractivity contribution >= 4 is 15.9 Å². The highest BCUT2D eigenvalue weighted by Gasteiger charge is 2.06. The first-order valence-electron chi connectivity index (χ1n) is 7.04. The molecule has 0 N–H and O–H groups in total. The fraction of sp³-hybridized carbons (Fsp3) is 0.278. The summed E-state index contributed by atoms with van der Waals surface area (Å²) in [5, 5.41) is 9.09. The Balaban J connectivity index is 1.95. The first kappa shape index (κ1) is 16.4. The van der Waals surface area contributed by atoms with Crippen LogP contribution < -0.4 is 9.47 Å². The van der Waals surface area contributed by atoms with Gasteiger partial charge in [-0.1, -0.05) is 22.0 Å². The Bertz CT molecular complexity index is 720. The van der Waals surface area contributed by atoms with E-state index in [-0.39, 0.29) is 0 Å². The summed E-state index contributed by atoms with van der Waals surface area (Å²) >= 11 is 3.34. The molecule has 0 spiro atoms. The largest absolute Gasteiger partial charge is 0.490 e. The van der Waals surface area contributed by atoms with Crippen LogP contribution in [0.1, 0.15) is 22.3 Å². The minimum absolute atomic E-state index is 0.392. The predicted molar refractivity (Wildman–Crippen MR) is 90.5 cm³/mol. The fourth-order valence-corrected chi connectivity index (χ4v) is 2.53. The molecule has 0 radical (unpaired) electrons. The predicted octanol–water partition coefficient (Wildman–Crippen LogP) is 4.70. The van der Waals surface area contributed by atoms with E-state index in [0.717, 1.165) is 15.8 Å². The summed E-state index contributed by atoms with van der Waals surface area (Å²) in [4.78, 5) is 0. The molecule has 114 valence electrons. The number of rotatable bonds is 5. The Kier molecular flexibility index (Phi) is 5.46. The molecule has 0 aliphatic rings. The zero-order valence-electron chi connectivity index (χ0n) is 12.9. The Morgan fingerprint density at radius 3 is 2.36 bits per heavy atom. The minimum Gasteiger partial charge on any atom is -0.490 e. The molecular weight excluding hydrogens is 342 g/mol. The third kappa shape index (κ3) is 4.02. The highest BCUT2D eigenvalue weighted by molar-refractivity contribution is 9.10. The SMILES string of the molecule is Cc1cc(C)c(C)c(OCCOc2ccc(Br)cc2C#N)c1. The standard InChI is InChI=1S/C18H18BrNO2/c1-12-8-13(2)14(3)18(9-12)22-7-6-21-17-5-4-16(19)10-15(17)11-20/h4-5,8-10H,6-7H2,1-3H3. The van der Waals surface area contributed by atoms with Gasteiger partial charge in [0, 0.05) is 4.47 Å². The van der Waals surface area contributed by atoms with Crippen molar-refractivity contribution in [2.24, 2.45) is 0 Å². The number of aryl methyl sites for hydroxylation is 2. The van der Waals surface area contributed by atoms with Crippen LogP contribution in [0.5, 0.6) is 11.5 Å². The van der Waals surface area contributed by atoms with Gasteiger partial charge in [0.15, 0.2) is 0 Å². The van der Waals surface area contributed by atoms with Crippen molar-refractivity contribution in [2.75, 3.05) is 13.2 Å². The van der Waals surface area contributed by atoms with Crippen molar-refractivity contribution in [3.8, 4) is 17.6 Å². The van der Waals surface area contributed by atoms with Crippen LogP contribution >= 0.6 is 15.9 Å². The molecule has 2 rings (SSSR count). The maximum Gasteiger partial charge on any atom is 0.137 e. The van der Waals surface area contributed by atoms with E-state index in [2.05, 4.69) is 41.9 Å². The van der Waals surface area contributed by atoms with Crippen LogP contribution in [0.2, 0.25) is 0 Å². The van der Waals surface area contributed by atoms with E-state index in [0.29, 0.717) is 24.5 Å². The summed E-state index contributed by atoms with van der Waals surface area (Å²) in [5.74, 6) is 1.46. The quantitative estimate of drug-likeness (QED) is 0.726. The van der Waals surface area contributed by atoms with Crippen LogP contribution in [-0.4, -0.2) is 13.2 Å². The van der Waals surface area contributed by atoms with Crippen molar-refractivity contribution < 1.29 is 9.47 Å². The lowest BCUT2D eigenvalue weighted by Gasteiger charge is -2.13. The van der Waals surface area contributed by atoms with Crippen LogP contribution in [0, 0.1) is 32.1 Å². The van der Waals surface area contributed by atoms with E-state index in [9.17, 15) is 0 Å². The van der Waals surface area contributed by atoms with E-state index in [1.54, 1.807) is 12.1 Å². The molecule has 0 atom stereocenters. The number of benzene rings is 2. The number of hydrogen-bond acceptors (Lipinski definition) is 3. The molecule has 0 aromatic heterocycles. The molecule has 0 aliphatic heterocycles. The van der Waals surface area contributed by atoms with Gasteiger partial charge in [0.2, 0.25) is 0 Å². The first-order chi connectivity index (χ1) is 10.5. The molecular formula is C18H18BrNO2. The Morgan fingerprint density at radius 1 is 1.00 bits per heavy atom. The summed E-state index contributed by atoms with van der Waals surface area (Å²) in [6.07, 6.45) is 0. The molecule has 0 saturated heterocycles. The summed E-state index contributed by atoms with van der Waals surface area (Å²) in [7, 11) is 0. The molecule has 4 heteroatoms. The lowest BCUT2D eigenvalue weighted by atomic mass is 10.1. The molecule has 0 bridgehead atoms. The topological polar surface area (TPSA) is 42.2 Å². The highest BCUT2D eigenvalue weighted by Crippen LogP contribution is 2.24. The van der Waals surface area contributed by atoms with Gasteiger partial charge < -0.3 is 9.47 Å². The van der Waals surface area contributed by atoms with Crippen molar-refractivity contribution in [1.82, 2.24) is 0 Å². The van der Waals surface area contributed by atoms with Crippen LogP contribution in [-0.2, 0) is 0 Å². The molecule has 0 fully saturated rings. The van der Waals surface area contributed by atoms with Gasteiger partial charge in [0.25, 0.3) is 0 Å². The second-order valence-corrected chi connectivity index (χ2v) is 6.07. The van der Waals surface area contributed by atoms with E-state index in [4.69, 9.17) is 14.7 Å². The summed E-state index contributed by atoms with van der Waals surface area (Å²) < 4.78 is 12.3. The normalized spacial score (nSPS) is 10.1. The molecule has 22 heavy (non-hydrogen) atoms. The molecule has 2 aromatic rings. The minimum atomic E-state index is 0.392. The number of hydrogen-bond donors (Lipinski definition) is 0. The first-order valence-corrected chi connectivity index (χ1v) is 7.83. The molecule has 0 unspecified atom stereocenters. The zero-order valence-corrected chi connectivity index (χ0v) is 14.5. The van der Waals surface area contributed by atoms with Crippen LogP contribution in [0.15, 0.2) is 34.8 Å². The number of nitrogens with zero attached hydrogens (tertiary/aromatic N) is 1. The van der Waals surface area contributed by atoms with Gasteiger partial charge in [0.1, 0.15) is 30.8 Å². The second-order valence-electron chi connectivity index (χ2n) is 5.15. The Hall–Kier alpha value is -1.99. The van der Waals surface area contributed by atoms with Crippen molar-refractivity contribution in [3.63, 3.8) is 0 Å². The van der Waals surface area contributed by atoms with Gasteiger partial charge in [0.05, 0.1) is 5.56 Å². The Morgan fingerprint density at radius 2 is 1.68 bits per heavy atom. The molecule has 0 aliphatic carbocycles. The van der Waals surface area contributed by atoms with Crippen molar-refractivity contribution in [1.29, 1.82) is 5.26 Å². The van der Waals surface area contributed by atoms with Crippen molar-refractivity contribution in [3.05, 3.63) is 57.1 Å². The van der Waals surface area contributed by atoms with E-state index in [1.165, 1.54) is 11.1 Å². The van der Waals surface area contributed by atoms with Gasteiger partial charge in [-0.15, -0.1) is 0 Å². The summed E-state index contributed by atoms with van der Waals surface area (Å²) in [6, 6.07) is 11.7. The van der Waals surface area contributed by atoms with Gasteiger partial charge in [-0.2, -0.15) is 5.26 Å². The number of halogens is 1. The average Bonchev–Trinajstić information content (AvgIpc) is 2.49. The Labute approximate surface area is 139 Å². The maximum absolute atomic E-state index is 9.09. The van der Waals surface area contributed by atoms with Gasteiger partial charge >= 0.3 is 0 Å². The lowest BCUT2D eigenvalue weighted by molar-refractivity contribution is 0.216. The highest BCUT2D eigenvalue weighted by atomic mass is 79.9. The number of ether oxygens (including phenoxy) is 2. The number of nitriles is 1. The molecule has 0 saturated carbocycles. The maximum atomic E-state index is 9.09. The van der Waals surface area contributed by atoms with Crippen LogP contribution in [0.3, 0.4) is 0 Å². The third-order valence-electron chi connectivity index (χ3n) is 3.42. The zero-order chi connectivity index (χ0) is 16.1. The smallest absolute Gasteiger partial charge is 0.137 e. The average molecular weight is 360 g/mol. The van der Waals surface area contributed by atoms with Crippen LogP contribution in [0.4, 0.5) is 0 Å². The molecule has 0 heterocycles. The summed E-state index contributed by atoms with van der Waals surface area (Å²) in [6.45, 7) is 7.00. The van der Waals surface area contributed by atoms with Gasteiger partial charge in [-0.25, -0.2) is 0 Å². The second kappa shape index (κ2) is 7.33.